The lowest BCUT2D eigenvalue weighted by Gasteiger charge is -2.25. The van der Waals surface area contributed by atoms with Crippen LogP contribution in [-0.2, 0) is 18.4 Å². The van der Waals surface area contributed by atoms with Crippen molar-refractivity contribution in [2.45, 2.75) is 341 Å². The zero-order valence-electron chi connectivity index (χ0n) is 52.0. The lowest BCUT2D eigenvalue weighted by atomic mass is 10.0. The molecule has 0 aliphatic carbocycles. The molecular weight excluding hydrogens is 972 g/mol. The second-order valence-electron chi connectivity index (χ2n) is 24.2. The van der Waals surface area contributed by atoms with E-state index in [0.29, 0.717) is 17.4 Å². The van der Waals surface area contributed by atoms with Crippen molar-refractivity contribution in [3.63, 3.8) is 0 Å². The van der Waals surface area contributed by atoms with E-state index in [4.69, 9.17) is 9.05 Å². The van der Waals surface area contributed by atoms with Crippen LogP contribution in [0.15, 0.2) is 48.6 Å². The highest BCUT2D eigenvalue weighted by Crippen LogP contribution is 2.43. The topological polar surface area (TPSA) is 105 Å². The smallest absolute Gasteiger partial charge is 0.387 e. The van der Waals surface area contributed by atoms with Crippen LogP contribution in [-0.4, -0.2) is 73.4 Å². The molecule has 1 amide bonds. The fraction of sp³-hybridized carbons (Fsp3) is 0.868. The lowest BCUT2D eigenvalue weighted by Crippen LogP contribution is -2.45. The number of aliphatic hydroxyl groups excluding tert-OH is 1. The number of carbonyl (C=O) groups excluding carboxylic acids is 1. The second-order valence-corrected chi connectivity index (χ2v) is 25.6. The standard InChI is InChI=1S/C68H131N2O6P/c1-6-8-10-12-14-16-18-20-22-24-26-28-29-30-31-32-33-34-35-36-37-38-39-40-41-42-44-46-48-50-52-54-56-58-60-62-68(72)69-66(65-76-77(73,74)75-64-63-70(3,4)5)67(71)61-59-57-55-53-51-49-47-45-43-27-25-23-21-19-17-15-13-11-9-7-2/h24,26,43,45,51,53,59,61,66-67,71H,6-23,25,27-42,44,46-50,52,54-58,60,62-65H2,1-5H3,(H-,69,72,73,74)/p+1/b26-24-,45-43+,53-51+,61-59+. The predicted molar refractivity (Wildman–Crippen MR) is 337 cm³/mol. The van der Waals surface area contributed by atoms with Crippen molar-refractivity contribution in [3.8, 4) is 0 Å². The van der Waals surface area contributed by atoms with E-state index in [1.807, 2.05) is 27.2 Å². The first-order chi connectivity index (χ1) is 37.5. The van der Waals surface area contributed by atoms with Gasteiger partial charge in [0.25, 0.3) is 0 Å². The van der Waals surface area contributed by atoms with Crippen LogP contribution in [0.3, 0.4) is 0 Å². The zero-order chi connectivity index (χ0) is 56.3. The lowest BCUT2D eigenvalue weighted by molar-refractivity contribution is -0.870. The van der Waals surface area contributed by atoms with Crippen molar-refractivity contribution in [2.75, 3.05) is 40.9 Å². The van der Waals surface area contributed by atoms with Crippen LogP contribution in [0.4, 0.5) is 0 Å². The second kappa shape index (κ2) is 59.1. The average Bonchev–Trinajstić information content (AvgIpc) is 3.39. The molecule has 0 rings (SSSR count). The van der Waals surface area contributed by atoms with Gasteiger partial charge in [0.05, 0.1) is 39.9 Å². The van der Waals surface area contributed by atoms with Gasteiger partial charge in [-0.05, 0) is 70.6 Å². The van der Waals surface area contributed by atoms with E-state index in [-0.39, 0.29) is 19.1 Å². The Bertz CT molecular complexity index is 1390. The third-order valence-electron chi connectivity index (χ3n) is 15.2. The van der Waals surface area contributed by atoms with Gasteiger partial charge in [-0.2, -0.15) is 0 Å². The van der Waals surface area contributed by atoms with Gasteiger partial charge in [-0.15, -0.1) is 0 Å². The molecule has 0 spiro atoms. The summed E-state index contributed by atoms with van der Waals surface area (Å²) < 4.78 is 23.7. The summed E-state index contributed by atoms with van der Waals surface area (Å²) in [5, 5.41) is 13.9. The molecule has 3 unspecified atom stereocenters. The number of aliphatic hydroxyl groups is 1. The van der Waals surface area contributed by atoms with Gasteiger partial charge in [-0.25, -0.2) is 4.57 Å². The quantitative estimate of drug-likeness (QED) is 0.0243. The van der Waals surface area contributed by atoms with Crippen LogP contribution in [0, 0.1) is 0 Å². The molecule has 3 N–H and O–H groups in total. The average molecular weight is 1100 g/mol. The largest absolute Gasteiger partial charge is 0.472 e. The molecule has 3 atom stereocenters. The molecule has 77 heavy (non-hydrogen) atoms. The Morgan fingerprint density at radius 3 is 1.04 bits per heavy atom. The number of phosphoric ester groups is 1. The maximum atomic E-state index is 13.0. The highest BCUT2D eigenvalue weighted by Gasteiger charge is 2.28. The summed E-state index contributed by atoms with van der Waals surface area (Å²) in [6, 6.07) is -0.870. The van der Waals surface area contributed by atoms with Crippen LogP contribution in [0.2, 0.25) is 0 Å². The van der Waals surface area contributed by atoms with Crippen LogP contribution in [0.5, 0.6) is 0 Å². The van der Waals surface area contributed by atoms with Gasteiger partial charge in [-0.1, -0.05) is 300 Å². The van der Waals surface area contributed by atoms with E-state index in [0.717, 1.165) is 44.9 Å². The molecule has 0 fully saturated rings. The van der Waals surface area contributed by atoms with Crippen molar-refractivity contribution in [1.29, 1.82) is 0 Å². The molecule has 0 aromatic carbocycles. The Hall–Kier alpha value is -1.54. The number of phosphoric acid groups is 1. The fourth-order valence-corrected chi connectivity index (χ4v) is 10.7. The zero-order valence-corrected chi connectivity index (χ0v) is 52.9. The maximum Gasteiger partial charge on any atom is 0.472 e. The minimum atomic E-state index is -4.36. The van der Waals surface area contributed by atoms with Crippen LogP contribution in [0.25, 0.3) is 0 Å². The molecule has 0 heterocycles. The van der Waals surface area contributed by atoms with E-state index in [2.05, 4.69) is 55.6 Å². The first-order valence-corrected chi connectivity index (χ1v) is 35.0. The van der Waals surface area contributed by atoms with Crippen molar-refractivity contribution in [3.05, 3.63) is 48.6 Å². The number of quaternary nitrogens is 1. The Kier molecular flexibility index (Phi) is 57.9. The molecule has 0 aliphatic heterocycles. The van der Waals surface area contributed by atoms with E-state index in [1.165, 1.54) is 263 Å². The molecule has 0 saturated carbocycles. The number of amides is 1. The number of hydrogen-bond donors (Lipinski definition) is 3. The van der Waals surface area contributed by atoms with Gasteiger partial charge in [0.2, 0.25) is 5.91 Å². The number of unbranched alkanes of at least 4 members (excludes halogenated alkanes) is 43. The van der Waals surface area contributed by atoms with E-state index >= 15 is 0 Å². The van der Waals surface area contributed by atoms with E-state index in [9.17, 15) is 19.4 Å². The number of carbonyl (C=O) groups is 1. The number of hydrogen-bond acceptors (Lipinski definition) is 5. The molecule has 0 aliphatic rings. The molecule has 0 saturated heterocycles. The molecule has 0 aromatic rings. The molecule has 454 valence electrons. The Morgan fingerprint density at radius 1 is 0.429 bits per heavy atom. The third kappa shape index (κ3) is 61.9. The summed E-state index contributed by atoms with van der Waals surface area (Å²) in [5.74, 6) is -0.185. The minimum absolute atomic E-state index is 0.0544. The summed E-state index contributed by atoms with van der Waals surface area (Å²) in [6.07, 6.45) is 79.8. The fourth-order valence-electron chi connectivity index (χ4n) is 10.0. The first kappa shape index (κ1) is 75.5. The Labute approximate surface area is 479 Å². The summed E-state index contributed by atoms with van der Waals surface area (Å²) in [5.41, 5.74) is 0. The molecule has 0 bridgehead atoms. The monoisotopic (exact) mass is 1100 g/mol. The van der Waals surface area contributed by atoms with Crippen LogP contribution >= 0.6 is 7.82 Å². The van der Waals surface area contributed by atoms with Gasteiger partial charge in [-0.3, -0.25) is 13.8 Å². The van der Waals surface area contributed by atoms with E-state index in [1.54, 1.807) is 6.08 Å². The number of nitrogens with one attached hydrogen (secondary N) is 1. The van der Waals surface area contributed by atoms with Crippen LogP contribution in [0.1, 0.15) is 328 Å². The molecule has 9 heteroatoms. The van der Waals surface area contributed by atoms with Gasteiger partial charge in [0.1, 0.15) is 13.2 Å². The SMILES string of the molecule is CCCCCCCCCC/C=C\CCCCCCCCCCCCCCCCCCCCCCCCCC(=O)NC(COP(=O)(O)OCC[N+](C)(C)C)C(O)/C=C/CC/C=C/CC/C=C/CCCCCCCCCCCC. The number of allylic oxidation sites excluding steroid dienone is 7. The maximum absolute atomic E-state index is 13.0. The van der Waals surface area contributed by atoms with Crippen molar-refractivity contribution < 1.29 is 32.9 Å². The highest BCUT2D eigenvalue weighted by molar-refractivity contribution is 7.47. The molecule has 0 aromatic heterocycles. The van der Waals surface area contributed by atoms with Crippen molar-refractivity contribution >= 4 is 13.7 Å². The first-order valence-electron chi connectivity index (χ1n) is 33.5. The summed E-state index contributed by atoms with van der Waals surface area (Å²) in [7, 11) is 1.56. The summed E-state index contributed by atoms with van der Waals surface area (Å²) in [6.45, 7) is 4.82. The Balaban J connectivity index is 4.04. The van der Waals surface area contributed by atoms with Crippen LogP contribution < -0.4 is 5.32 Å². The normalized spacial score (nSPS) is 14.0. The minimum Gasteiger partial charge on any atom is -0.387 e. The van der Waals surface area contributed by atoms with Gasteiger partial charge < -0.3 is 19.8 Å². The summed E-state index contributed by atoms with van der Waals surface area (Å²) >= 11 is 0. The Morgan fingerprint density at radius 2 is 0.714 bits per heavy atom. The molecule has 8 nitrogen and oxygen atoms in total. The number of likely N-dealkylation sites (N-methyl/N-ethyl adjacent to an activating group) is 1. The van der Waals surface area contributed by atoms with Crippen molar-refractivity contribution in [1.82, 2.24) is 5.32 Å². The van der Waals surface area contributed by atoms with Crippen molar-refractivity contribution in [2.24, 2.45) is 0 Å². The van der Waals surface area contributed by atoms with Gasteiger partial charge >= 0.3 is 7.82 Å². The predicted octanol–water partition coefficient (Wildman–Crippen LogP) is 21.1. The highest BCUT2D eigenvalue weighted by atomic mass is 31.2. The number of nitrogens with zero attached hydrogens (tertiary/aromatic N) is 1. The van der Waals surface area contributed by atoms with Gasteiger partial charge in [0, 0.05) is 6.42 Å². The van der Waals surface area contributed by atoms with Gasteiger partial charge in [0.15, 0.2) is 0 Å². The third-order valence-corrected chi connectivity index (χ3v) is 16.2. The summed E-state index contributed by atoms with van der Waals surface area (Å²) in [4.78, 5) is 23.4. The molecular formula is C68H132N2O6P+. The van der Waals surface area contributed by atoms with E-state index < -0.39 is 20.0 Å². The number of rotatable bonds is 62. The molecule has 0 radical (unpaired) electrons.